The van der Waals surface area contributed by atoms with Crippen LogP contribution in [0.3, 0.4) is 0 Å². The molecule has 2 aromatic carbocycles. The summed E-state index contributed by atoms with van der Waals surface area (Å²) in [6.07, 6.45) is -1.20. The third-order valence-electron chi connectivity index (χ3n) is 2.52. The zero-order chi connectivity index (χ0) is 12.3. The van der Waals surface area contributed by atoms with Gasteiger partial charge in [0.25, 0.3) is 0 Å². The van der Waals surface area contributed by atoms with Crippen molar-refractivity contribution in [3.8, 4) is 5.75 Å². The van der Waals surface area contributed by atoms with Crippen LogP contribution in [0.1, 0.15) is 22.0 Å². The Labute approximate surface area is 99.0 Å². The van der Waals surface area contributed by atoms with E-state index in [2.05, 4.69) is 0 Å². The van der Waals surface area contributed by atoms with E-state index < -0.39 is 6.10 Å². The van der Waals surface area contributed by atoms with Gasteiger partial charge in [0, 0.05) is 5.56 Å². The van der Waals surface area contributed by atoms with E-state index in [1.807, 2.05) is 6.07 Å². The molecular weight excluding hydrogens is 216 g/mol. The number of aliphatic hydroxyl groups excluding tert-OH is 1. The first-order valence-electron chi connectivity index (χ1n) is 5.25. The van der Waals surface area contributed by atoms with Crippen LogP contribution in [0.25, 0.3) is 0 Å². The van der Waals surface area contributed by atoms with Gasteiger partial charge >= 0.3 is 0 Å². The molecule has 2 rings (SSSR count). The largest absolute Gasteiger partial charge is 0.508 e. The lowest BCUT2D eigenvalue weighted by atomic mass is 10.00. The van der Waals surface area contributed by atoms with Gasteiger partial charge in [0.2, 0.25) is 0 Å². The average Bonchev–Trinajstić information content (AvgIpc) is 2.39. The molecule has 2 N–H and O–H groups in total. The highest BCUT2D eigenvalue weighted by molar-refractivity contribution is 5.99. The van der Waals surface area contributed by atoms with Crippen LogP contribution in [0, 0.1) is 0 Å². The summed E-state index contributed by atoms with van der Waals surface area (Å²) in [5, 5.41) is 19.0. The lowest BCUT2D eigenvalue weighted by Crippen LogP contribution is -2.11. The number of ketones is 1. The molecule has 3 heteroatoms. The molecule has 0 saturated carbocycles. The average molecular weight is 228 g/mol. The maximum Gasteiger partial charge on any atom is 0.195 e. The van der Waals surface area contributed by atoms with Crippen molar-refractivity contribution in [2.45, 2.75) is 6.10 Å². The fraction of sp³-hybridized carbons (Fsp3) is 0.0714. The Kier molecular flexibility index (Phi) is 3.21. The second-order valence-corrected chi connectivity index (χ2v) is 3.72. The third-order valence-corrected chi connectivity index (χ3v) is 2.52. The van der Waals surface area contributed by atoms with Crippen LogP contribution in [0.5, 0.6) is 5.75 Å². The number of hydrogen-bond donors (Lipinski definition) is 2. The number of phenols is 1. The van der Waals surface area contributed by atoms with Crippen molar-refractivity contribution in [2.24, 2.45) is 0 Å². The summed E-state index contributed by atoms with van der Waals surface area (Å²) < 4.78 is 0. The van der Waals surface area contributed by atoms with Crippen LogP contribution < -0.4 is 0 Å². The molecule has 17 heavy (non-hydrogen) atoms. The van der Waals surface area contributed by atoms with Gasteiger partial charge in [-0.1, -0.05) is 42.5 Å². The summed E-state index contributed by atoms with van der Waals surface area (Å²) in [6.45, 7) is 0. The summed E-state index contributed by atoms with van der Waals surface area (Å²) >= 11 is 0. The van der Waals surface area contributed by atoms with Crippen molar-refractivity contribution in [3.05, 3.63) is 65.7 Å². The van der Waals surface area contributed by atoms with Gasteiger partial charge in [-0.05, 0) is 17.7 Å². The van der Waals surface area contributed by atoms with Gasteiger partial charge in [-0.2, -0.15) is 0 Å². The van der Waals surface area contributed by atoms with Crippen molar-refractivity contribution in [3.63, 3.8) is 0 Å². The molecule has 0 fully saturated rings. The maximum absolute atomic E-state index is 11.9. The van der Waals surface area contributed by atoms with Crippen molar-refractivity contribution < 1.29 is 15.0 Å². The number of Topliss-reactive ketones (excluding diaryl/α,β-unsaturated/α-hetero) is 1. The highest BCUT2D eigenvalue weighted by Crippen LogP contribution is 2.20. The van der Waals surface area contributed by atoms with Crippen LogP contribution in [-0.2, 0) is 0 Å². The molecule has 0 amide bonds. The predicted molar refractivity (Wildman–Crippen MR) is 63.8 cm³/mol. The minimum atomic E-state index is -1.20. The number of benzene rings is 2. The van der Waals surface area contributed by atoms with Gasteiger partial charge in [0.15, 0.2) is 5.78 Å². The molecule has 0 aliphatic rings. The molecule has 0 aliphatic heterocycles. The molecule has 0 heterocycles. The van der Waals surface area contributed by atoms with Gasteiger partial charge in [-0.25, -0.2) is 0 Å². The zero-order valence-corrected chi connectivity index (χ0v) is 9.08. The van der Waals surface area contributed by atoms with Gasteiger partial charge in [-0.15, -0.1) is 0 Å². The normalized spacial score (nSPS) is 12.1. The van der Waals surface area contributed by atoms with Gasteiger partial charge in [0.1, 0.15) is 11.9 Å². The first-order chi connectivity index (χ1) is 8.18. The van der Waals surface area contributed by atoms with E-state index in [0.717, 1.165) is 0 Å². The maximum atomic E-state index is 11.9. The number of phenolic OH excluding ortho intramolecular Hbond substituents is 1. The van der Waals surface area contributed by atoms with Crippen molar-refractivity contribution in [2.75, 3.05) is 0 Å². The molecule has 0 aromatic heterocycles. The van der Waals surface area contributed by atoms with Gasteiger partial charge < -0.3 is 10.2 Å². The molecule has 86 valence electrons. The van der Waals surface area contributed by atoms with Crippen LogP contribution in [0.15, 0.2) is 54.6 Å². The fourth-order valence-corrected chi connectivity index (χ4v) is 1.57. The Morgan fingerprint density at radius 2 is 1.53 bits per heavy atom. The van der Waals surface area contributed by atoms with E-state index in [1.54, 1.807) is 24.3 Å². The summed E-state index contributed by atoms with van der Waals surface area (Å²) in [6, 6.07) is 14.6. The van der Waals surface area contributed by atoms with Gasteiger partial charge in [-0.3, -0.25) is 4.79 Å². The minimum absolute atomic E-state index is 0.105. The van der Waals surface area contributed by atoms with E-state index in [1.165, 1.54) is 24.3 Å². The number of carbonyl (C=O) groups excluding carboxylic acids is 1. The number of aromatic hydroxyl groups is 1. The summed E-state index contributed by atoms with van der Waals surface area (Å²) in [4.78, 5) is 11.9. The lowest BCUT2D eigenvalue weighted by molar-refractivity contribution is 0.0747. The Morgan fingerprint density at radius 3 is 2.12 bits per heavy atom. The molecule has 0 bridgehead atoms. The fourth-order valence-electron chi connectivity index (χ4n) is 1.57. The van der Waals surface area contributed by atoms with Crippen LogP contribution >= 0.6 is 0 Å². The van der Waals surface area contributed by atoms with Crippen molar-refractivity contribution in [1.82, 2.24) is 0 Å². The van der Waals surface area contributed by atoms with E-state index in [0.29, 0.717) is 11.1 Å². The molecule has 2 aromatic rings. The molecule has 0 unspecified atom stereocenters. The molecule has 1 atom stereocenters. The molecule has 3 nitrogen and oxygen atoms in total. The summed E-state index contributed by atoms with van der Waals surface area (Å²) in [5.41, 5.74) is 0.935. The SMILES string of the molecule is O=C(c1ccccc1)[C@H](O)c1ccc(O)cc1. The van der Waals surface area contributed by atoms with E-state index >= 15 is 0 Å². The first-order valence-corrected chi connectivity index (χ1v) is 5.25. The highest BCUT2D eigenvalue weighted by atomic mass is 16.3. The van der Waals surface area contributed by atoms with Crippen LogP contribution in [0.2, 0.25) is 0 Å². The standard InChI is InChI=1S/C14H12O3/c15-12-8-6-11(7-9-12)14(17)13(16)10-4-2-1-3-5-10/h1-9,14-15,17H/t14-/m1/s1. The van der Waals surface area contributed by atoms with E-state index in [4.69, 9.17) is 5.11 Å². The van der Waals surface area contributed by atoms with Crippen molar-refractivity contribution in [1.29, 1.82) is 0 Å². The lowest BCUT2D eigenvalue weighted by Gasteiger charge is -2.09. The quantitative estimate of drug-likeness (QED) is 0.792. The highest BCUT2D eigenvalue weighted by Gasteiger charge is 2.18. The monoisotopic (exact) mass is 228 g/mol. The number of carbonyl (C=O) groups is 1. The smallest absolute Gasteiger partial charge is 0.195 e. The first kappa shape index (κ1) is 11.4. The topological polar surface area (TPSA) is 57.5 Å². The summed E-state index contributed by atoms with van der Waals surface area (Å²) in [5.74, 6) is -0.246. The third kappa shape index (κ3) is 2.52. The predicted octanol–water partition coefficient (Wildman–Crippen LogP) is 2.31. The minimum Gasteiger partial charge on any atom is -0.508 e. The van der Waals surface area contributed by atoms with E-state index in [9.17, 15) is 9.90 Å². The van der Waals surface area contributed by atoms with Crippen molar-refractivity contribution >= 4 is 5.78 Å². The number of aliphatic hydroxyl groups is 1. The molecule has 0 radical (unpaired) electrons. The molecular formula is C14H12O3. The van der Waals surface area contributed by atoms with Crippen LogP contribution in [0.4, 0.5) is 0 Å². The second kappa shape index (κ2) is 4.80. The number of hydrogen-bond acceptors (Lipinski definition) is 3. The Hall–Kier alpha value is -2.13. The Morgan fingerprint density at radius 1 is 0.941 bits per heavy atom. The van der Waals surface area contributed by atoms with Crippen LogP contribution in [-0.4, -0.2) is 16.0 Å². The molecule has 0 saturated heterocycles. The van der Waals surface area contributed by atoms with Gasteiger partial charge in [0.05, 0.1) is 0 Å². The molecule has 0 aliphatic carbocycles. The number of rotatable bonds is 3. The Balaban J connectivity index is 2.23. The molecule has 0 spiro atoms. The Bertz CT molecular complexity index is 503. The zero-order valence-electron chi connectivity index (χ0n) is 9.08. The van der Waals surface area contributed by atoms with E-state index in [-0.39, 0.29) is 11.5 Å². The second-order valence-electron chi connectivity index (χ2n) is 3.72. The summed E-state index contributed by atoms with van der Waals surface area (Å²) in [7, 11) is 0.